The molecular formula is C42H47ClO6Si. The van der Waals surface area contributed by atoms with Crippen LogP contribution in [0.15, 0.2) is 103 Å². The molecule has 262 valence electrons. The molecule has 0 aliphatic carbocycles. The summed E-state index contributed by atoms with van der Waals surface area (Å²) in [7, 11) is -1.82. The maximum atomic E-state index is 11.9. The summed E-state index contributed by atoms with van der Waals surface area (Å²) in [5, 5.41) is 12.5. The van der Waals surface area contributed by atoms with Crippen LogP contribution in [0.25, 0.3) is 0 Å². The van der Waals surface area contributed by atoms with Crippen LogP contribution in [0, 0.1) is 17.4 Å². The normalized spacial score (nSPS) is 25.1. The van der Waals surface area contributed by atoms with Crippen molar-refractivity contribution in [2.45, 2.75) is 82.8 Å². The van der Waals surface area contributed by atoms with Crippen molar-refractivity contribution in [2.24, 2.45) is 5.92 Å². The van der Waals surface area contributed by atoms with Gasteiger partial charge in [-0.15, -0.1) is 5.54 Å². The summed E-state index contributed by atoms with van der Waals surface area (Å²) in [4.78, 5) is 0. The van der Waals surface area contributed by atoms with Crippen LogP contribution in [-0.4, -0.2) is 50.3 Å². The molecule has 2 bridgehead atoms. The number of rotatable bonds is 12. The molecule has 0 radical (unpaired) electrons. The maximum Gasteiger partial charge on any atom is 0.225 e. The van der Waals surface area contributed by atoms with Crippen LogP contribution in [0.2, 0.25) is 24.7 Å². The summed E-state index contributed by atoms with van der Waals surface area (Å²) >= 11 is 6.86. The number of aliphatic hydroxyl groups is 1. The number of halogens is 1. The molecule has 50 heavy (non-hydrogen) atoms. The van der Waals surface area contributed by atoms with Crippen molar-refractivity contribution in [2.75, 3.05) is 13.2 Å². The molecule has 0 spiro atoms. The lowest BCUT2D eigenvalue weighted by Crippen LogP contribution is -2.65. The van der Waals surface area contributed by atoms with Crippen molar-refractivity contribution in [3.05, 3.63) is 136 Å². The van der Waals surface area contributed by atoms with Crippen LogP contribution in [0.1, 0.15) is 41.7 Å². The number of aliphatic hydroxyl groups excluding tert-OH is 1. The third kappa shape index (κ3) is 7.88. The molecule has 2 heterocycles. The molecule has 2 aliphatic heterocycles. The Hall–Kier alpha value is -3.45. The zero-order valence-corrected chi connectivity index (χ0v) is 31.3. The topological polar surface area (TPSA) is 66.4 Å². The van der Waals surface area contributed by atoms with Crippen molar-refractivity contribution < 1.29 is 28.8 Å². The van der Waals surface area contributed by atoms with E-state index >= 15 is 0 Å². The molecular weight excluding hydrogens is 664 g/mol. The number of ether oxygens (including phenoxy) is 5. The Kier molecular flexibility index (Phi) is 11.2. The molecule has 2 saturated heterocycles. The van der Waals surface area contributed by atoms with Crippen LogP contribution in [0.4, 0.5) is 0 Å². The summed E-state index contributed by atoms with van der Waals surface area (Å²) < 4.78 is 33.3. The fourth-order valence-electron chi connectivity index (χ4n) is 6.76. The van der Waals surface area contributed by atoms with Gasteiger partial charge in [0.1, 0.15) is 31.6 Å². The van der Waals surface area contributed by atoms with Gasteiger partial charge in [-0.1, -0.05) is 123 Å². The summed E-state index contributed by atoms with van der Waals surface area (Å²) in [5.74, 6) is 2.25. The lowest BCUT2D eigenvalue weighted by atomic mass is 9.75. The minimum absolute atomic E-state index is 0.114. The highest BCUT2D eigenvalue weighted by Gasteiger charge is 2.69. The quantitative estimate of drug-likeness (QED) is 0.118. The van der Waals surface area contributed by atoms with E-state index in [0.29, 0.717) is 31.3 Å². The average molecular weight is 711 g/mol. The summed E-state index contributed by atoms with van der Waals surface area (Å²) in [6.45, 7) is 11.9. The first kappa shape index (κ1) is 36.3. The molecule has 6 atom stereocenters. The van der Waals surface area contributed by atoms with E-state index in [0.717, 1.165) is 33.6 Å². The van der Waals surface area contributed by atoms with Gasteiger partial charge in [-0.2, -0.15) is 0 Å². The monoisotopic (exact) mass is 710 g/mol. The summed E-state index contributed by atoms with van der Waals surface area (Å²) in [6.07, 6.45) is -1.75. The molecule has 2 fully saturated rings. The van der Waals surface area contributed by atoms with Crippen LogP contribution >= 0.6 is 11.6 Å². The number of hydrogen-bond donors (Lipinski definition) is 1. The number of fused-ring (bicyclic) bond motifs is 2. The van der Waals surface area contributed by atoms with Crippen molar-refractivity contribution in [3.63, 3.8) is 0 Å². The zero-order valence-electron chi connectivity index (χ0n) is 29.5. The van der Waals surface area contributed by atoms with Gasteiger partial charge in [0.15, 0.2) is 0 Å². The van der Waals surface area contributed by atoms with Gasteiger partial charge in [-0.25, -0.2) is 0 Å². The van der Waals surface area contributed by atoms with Crippen LogP contribution < -0.4 is 4.74 Å². The first-order valence-corrected chi connectivity index (χ1v) is 21.3. The minimum Gasteiger partial charge on any atom is -0.494 e. The second-order valence-electron chi connectivity index (χ2n) is 14.3. The zero-order chi connectivity index (χ0) is 35.4. The van der Waals surface area contributed by atoms with E-state index in [2.05, 4.69) is 43.2 Å². The molecule has 8 heteroatoms. The highest BCUT2D eigenvalue weighted by Crippen LogP contribution is 2.55. The highest BCUT2D eigenvalue weighted by molar-refractivity contribution is 6.83. The fourth-order valence-corrected chi connectivity index (χ4v) is 7.51. The Morgan fingerprint density at radius 3 is 2.14 bits per heavy atom. The first-order chi connectivity index (χ1) is 24.0. The Labute approximate surface area is 302 Å². The molecule has 6 rings (SSSR count). The molecule has 4 aromatic carbocycles. The van der Waals surface area contributed by atoms with Crippen molar-refractivity contribution in [1.29, 1.82) is 0 Å². The van der Waals surface area contributed by atoms with E-state index in [1.165, 1.54) is 0 Å². The standard InChI is InChI=1S/C42H47ClO6Si/c1-6-45-36-20-17-31(18-21-36)25-34-26-35(19-22-37(34)43)42-40(47-28-33-15-11-8-12-16-33)39(46-27-32-13-9-7-10-14-32)30(2)41(49-42,29-48-42)38(44)23-24-50(3,4)5/h7-22,26,30,38-40,44H,6,25,27-29H2,1-5H3/t30-,38?,39-,40+,41-,42-/m0/s1. The molecule has 0 saturated carbocycles. The Morgan fingerprint density at radius 2 is 1.52 bits per heavy atom. The minimum atomic E-state index is -1.82. The number of benzene rings is 4. The molecule has 6 nitrogen and oxygen atoms in total. The van der Waals surface area contributed by atoms with Crippen LogP contribution in [0.3, 0.4) is 0 Å². The van der Waals surface area contributed by atoms with E-state index in [4.69, 9.17) is 35.3 Å². The predicted octanol–water partition coefficient (Wildman–Crippen LogP) is 8.33. The van der Waals surface area contributed by atoms with Gasteiger partial charge in [0.25, 0.3) is 0 Å². The van der Waals surface area contributed by atoms with Gasteiger partial charge in [-0.3, -0.25) is 0 Å². The third-order valence-corrected chi connectivity index (χ3v) is 10.7. The highest BCUT2D eigenvalue weighted by atomic mass is 35.5. The van der Waals surface area contributed by atoms with Gasteiger partial charge in [-0.05, 0) is 59.9 Å². The Balaban J connectivity index is 1.43. The number of hydrogen-bond acceptors (Lipinski definition) is 6. The molecule has 4 aromatic rings. The lowest BCUT2D eigenvalue weighted by Gasteiger charge is -2.51. The van der Waals surface area contributed by atoms with E-state index in [-0.39, 0.29) is 12.5 Å². The smallest absolute Gasteiger partial charge is 0.225 e. The largest absolute Gasteiger partial charge is 0.494 e. The molecule has 0 amide bonds. The average Bonchev–Trinajstić information content (AvgIpc) is 3.49. The summed E-state index contributed by atoms with van der Waals surface area (Å²) in [6, 6.07) is 34.0. The van der Waals surface area contributed by atoms with E-state index < -0.39 is 37.8 Å². The van der Waals surface area contributed by atoms with Gasteiger partial charge < -0.3 is 28.8 Å². The third-order valence-electron chi connectivity index (χ3n) is 9.47. The van der Waals surface area contributed by atoms with Gasteiger partial charge in [0.05, 0.1) is 32.5 Å². The van der Waals surface area contributed by atoms with Crippen molar-refractivity contribution in [1.82, 2.24) is 0 Å². The molecule has 1 N–H and O–H groups in total. The predicted molar refractivity (Wildman–Crippen MR) is 200 cm³/mol. The maximum absolute atomic E-state index is 11.9. The molecule has 1 unspecified atom stereocenters. The SMILES string of the molecule is CCOc1ccc(Cc2cc([C@]34OC[C@](C(O)C#C[Si](C)(C)C)(O3)[C@@H](C)[C@H](OCc3ccccc3)[C@H]4OCc3ccccc3)ccc2Cl)cc1. The second kappa shape index (κ2) is 15.4. The van der Waals surface area contributed by atoms with E-state index in [1.807, 2.05) is 105 Å². The Morgan fingerprint density at radius 1 is 0.880 bits per heavy atom. The fraction of sp³-hybridized carbons (Fsp3) is 0.381. The van der Waals surface area contributed by atoms with E-state index in [9.17, 15) is 5.11 Å². The summed E-state index contributed by atoms with van der Waals surface area (Å²) in [5.41, 5.74) is 6.98. The van der Waals surface area contributed by atoms with Crippen LogP contribution in [0.5, 0.6) is 5.75 Å². The van der Waals surface area contributed by atoms with Gasteiger partial charge in [0, 0.05) is 16.5 Å². The van der Waals surface area contributed by atoms with Gasteiger partial charge in [0.2, 0.25) is 5.79 Å². The van der Waals surface area contributed by atoms with Gasteiger partial charge >= 0.3 is 0 Å². The first-order valence-electron chi connectivity index (χ1n) is 17.4. The van der Waals surface area contributed by atoms with E-state index in [1.54, 1.807) is 0 Å². The second-order valence-corrected chi connectivity index (χ2v) is 19.4. The lowest BCUT2D eigenvalue weighted by molar-refractivity contribution is -0.340. The molecule has 2 aliphatic rings. The van der Waals surface area contributed by atoms with Crippen molar-refractivity contribution >= 4 is 19.7 Å². The Bertz CT molecular complexity index is 1780. The molecule has 0 aromatic heterocycles. The van der Waals surface area contributed by atoms with Crippen LogP contribution in [-0.2, 0) is 44.4 Å². The van der Waals surface area contributed by atoms with Crippen molar-refractivity contribution in [3.8, 4) is 17.2 Å².